The van der Waals surface area contributed by atoms with Crippen LogP contribution in [0.1, 0.15) is 44.7 Å². The van der Waals surface area contributed by atoms with Crippen LogP contribution in [0, 0.1) is 0 Å². The summed E-state index contributed by atoms with van der Waals surface area (Å²) in [6.07, 6.45) is 1.18. The zero-order valence-corrected chi connectivity index (χ0v) is 22.2. The number of ether oxygens (including phenoxy) is 3. The first-order chi connectivity index (χ1) is 17.6. The highest BCUT2D eigenvalue weighted by molar-refractivity contribution is 8.18. The van der Waals surface area contributed by atoms with Crippen LogP contribution in [0.5, 0.6) is 11.5 Å². The second kappa shape index (κ2) is 12.4. The SMILES string of the molecule is COc1cc(/C=C2\SC(=O)N(CC(=O)OC(C)C)C2=O)ccc1OCC(=O)Nc1ccccc1C(C)C. The van der Waals surface area contributed by atoms with E-state index in [-0.39, 0.29) is 29.4 Å². The van der Waals surface area contributed by atoms with Crippen LogP contribution in [0.3, 0.4) is 0 Å². The topological polar surface area (TPSA) is 111 Å². The van der Waals surface area contributed by atoms with Crippen molar-refractivity contribution in [1.29, 1.82) is 0 Å². The molecule has 1 heterocycles. The van der Waals surface area contributed by atoms with Crippen LogP contribution in [-0.2, 0) is 19.1 Å². The van der Waals surface area contributed by atoms with E-state index in [4.69, 9.17) is 14.2 Å². The molecule has 1 saturated heterocycles. The van der Waals surface area contributed by atoms with Gasteiger partial charge in [0.25, 0.3) is 17.1 Å². The number of methoxy groups -OCH3 is 1. The summed E-state index contributed by atoms with van der Waals surface area (Å²) in [6.45, 7) is 6.80. The summed E-state index contributed by atoms with van der Waals surface area (Å²) in [5, 5.41) is 2.32. The van der Waals surface area contributed by atoms with E-state index >= 15 is 0 Å². The molecule has 0 atom stereocenters. The van der Waals surface area contributed by atoms with E-state index in [0.717, 1.165) is 27.9 Å². The molecule has 0 aliphatic carbocycles. The number of esters is 1. The summed E-state index contributed by atoms with van der Waals surface area (Å²) in [5.41, 5.74) is 2.34. The number of hydrogen-bond acceptors (Lipinski definition) is 8. The zero-order chi connectivity index (χ0) is 27.1. The van der Waals surface area contributed by atoms with Gasteiger partial charge in [0.05, 0.1) is 18.1 Å². The van der Waals surface area contributed by atoms with E-state index in [2.05, 4.69) is 19.2 Å². The average molecular weight is 527 g/mol. The van der Waals surface area contributed by atoms with E-state index in [0.29, 0.717) is 17.1 Å². The Hall–Kier alpha value is -3.79. The van der Waals surface area contributed by atoms with E-state index in [1.807, 2.05) is 24.3 Å². The molecule has 37 heavy (non-hydrogen) atoms. The highest BCUT2D eigenvalue weighted by Crippen LogP contribution is 2.34. The molecule has 0 unspecified atom stereocenters. The fourth-order valence-corrected chi connectivity index (χ4v) is 4.39. The van der Waals surface area contributed by atoms with Gasteiger partial charge in [0.1, 0.15) is 6.54 Å². The maximum atomic E-state index is 12.7. The van der Waals surface area contributed by atoms with Crippen molar-refractivity contribution >= 4 is 46.5 Å². The number of imide groups is 1. The molecule has 1 fully saturated rings. The van der Waals surface area contributed by atoms with Gasteiger partial charge < -0.3 is 19.5 Å². The average Bonchev–Trinajstić information content (AvgIpc) is 3.10. The van der Waals surface area contributed by atoms with Gasteiger partial charge in [-0.1, -0.05) is 38.1 Å². The van der Waals surface area contributed by atoms with Gasteiger partial charge in [-0.05, 0) is 66.9 Å². The summed E-state index contributed by atoms with van der Waals surface area (Å²) >= 11 is 0.739. The lowest BCUT2D eigenvalue weighted by atomic mass is 10.0. The van der Waals surface area contributed by atoms with Crippen LogP contribution in [0.25, 0.3) is 6.08 Å². The molecule has 0 radical (unpaired) electrons. The summed E-state index contributed by atoms with van der Waals surface area (Å²) in [4.78, 5) is 50.3. The molecule has 0 bridgehead atoms. The van der Waals surface area contributed by atoms with Crippen LogP contribution in [0.15, 0.2) is 47.4 Å². The third-order valence-electron chi connectivity index (χ3n) is 5.23. The van der Waals surface area contributed by atoms with E-state index in [1.54, 1.807) is 32.0 Å². The van der Waals surface area contributed by atoms with Gasteiger partial charge in [-0.3, -0.25) is 24.1 Å². The number of rotatable bonds is 10. The number of carbonyl (C=O) groups excluding carboxylic acids is 4. The minimum absolute atomic E-state index is 0.168. The lowest BCUT2D eigenvalue weighted by molar-refractivity contribution is -0.149. The number of amides is 3. The largest absolute Gasteiger partial charge is 0.493 e. The van der Waals surface area contributed by atoms with Crippen molar-refractivity contribution in [3.8, 4) is 11.5 Å². The van der Waals surface area contributed by atoms with E-state index in [1.165, 1.54) is 13.2 Å². The zero-order valence-electron chi connectivity index (χ0n) is 21.4. The van der Waals surface area contributed by atoms with Crippen molar-refractivity contribution in [2.75, 3.05) is 25.6 Å². The third kappa shape index (κ3) is 7.36. The van der Waals surface area contributed by atoms with Gasteiger partial charge in [0, 0.05) is 5.69 Å². The molecule has 0 spiro atoms. The van der Waals surface area contributed by atoms with Gasteiger partial charge in [0.2, 0.25) is 0 Å². The van der Waals surface area contributed by atoms with Crippen LogP contribution in [0.2, 0.25) is 0 Å². The van der Waals surface area contributed by atoms with Gasteiger partial charge in [-0.2, -0.15) is 0 Å². The molecule has 1 aliphatic rings. The van der Waals surface area contributed by atoms with Gasteiger partial charge in [0.15, 0.2) is 18.1 Å². The lowest BCUT2D eigenvalue weighted by Gasteiger charge is -2.15. The molecular formula is C27H30N2O7S. The van der Waals surface area contributed by atoms with Crippen LogP contribution in [-0.4, -0.2) is 54.3 Å². The number of carbonyl (C=O) groups is 4. The Kier molecular flexibility index (Phi) is 9.35. The number of benzene rings is 2. The Labute approximate surface area is 220 Å². The summed E-state index contributed by atoms with van der Waals surface area (Å²) in [6, 6.07) is 12.5. The molecule has 0 saturated carbocycles. The monoisotopic (exact) mass is 526 g/mol. The van der Waals surface area contributed by atoms with Crippen LogP contribution < -0.4 is 14.8 Å². The number of anilines is 1. The fraction of sp³-hybridized carbons (Fsp3) is 0.333. The van der Waals surface area contributed by atoms with Crippen molar-refractivity contribution in [1.82, 2.24) is 4.90 Å². The minimum Gasteiger partial charge on any atom is -0.493 e. The molecule has 3 rings (SSSR count). The summed E-state index contributed by atoms with van der Waals surface area (Å²) < 4.78 is 16.1. The highest BCUT2D eigenvalue weighted by Gasteiger charge is 2.36. The Morgan fingerprint density at radius 1 is 1.05 bits per heavy atom. The highest BCUT2D eigenvalue weighted by atomic mass is 32.2. The molecule has 1 N–H and O–H groups in total. The Bertz CT molecular complexity index is 1220. The van der Waals surface area contributed by atoms with Crippen LogP contribution in [0.4, 0.5) is 10.5 Å². The van der Waals surface area contributed by atoms with Crippen molar-refractivity contribution in [3.63, 3.8) is 0 Å². The standard InChI is InChI=1S/C27H30N2O7S/c1-16(2)19-8-6-7-9-20(19)28-24(30)15-35-21-11-10-18(12-22(21)34-5)13-23-26(32)29(27(33)37-23)14-25(31)36-17(3)4/h6-13,16-17H,14-15H2,1-5H3,(H,28,30)/b23-13-. The maximum absolute atomic E-state index is 12.7. The Morgan fingerprint density at radius 3 is 2.46 bits per heavy atom. The van der Waals surface area contributed by atoms with E-state index < -0.39 is 23.7 Å². The Balaban J connectivity index is 1.66. The number of thioether (sulfide) groups is 1. The molecule has 9 nitrogen and oxygen atoms in total. The molecule has 10 heteroatoms. The number of hydrogen-bond donors (Lipinski definition) is 1. The van der Waals surface area contributed by atoms with Crippen molar-refractivity contribution in [2.45, 2.75) is 39.7 Å². The Morgan fingerprint density at radius 2 is 1.78 bits per heavy atom. The van der Waals surface area contributed by atoms with Crippen molar-refractivity contribution in [2.24, 2.45) is 0 Å². The first-order valence-electron chi connectivity index (χ1n) is 11.7. The molecule has 3 amide bonds. The predicted octanol–water partition coefficient (Wildman–Crippen LogP) is 4.82. The summed E-state index contributed by atoms with van der Waals surface area (Å²) in [5.74, 6) is -0.601. The molecule has 2 aromatic rings. The van der Waals surface area contributed by atoms with Gasteiger partial charge in [-0.25, -0.2) is 0 Å². The number of nitrogens with one attached hydrogen (secondary N) is 1. The molecule has 2 aromatic carbocycles. The first-order valence-corrected chi connectivity index (χ1v) is 12.5. The smallest absolute Gasteiger partial charge is 0.326 e. The molecule has 0 aromatic heterocycles. The second-order valence-corrected chi connectivity index (χ2v) is 9.79. The molecule has 1 aliphatic heterocycles. The quantitative estimate of drug-likeness (QED) is 0.346. The maximum Gasteiger partial charge on any atom is 0.326 e. The second-order valence-electron chi connectivity index (χ2n) is 8.80. The molecular weight excluding hydrogens is 496 g/mol. The minimum atomic E-state index is -0.654. The van der Waals surface area contributed by atoms with Gasteiger partial charge in [-0.15, -0.1) is 0 Å². The first kappa shape index (κ1) is 27.8. The summed E-state index contributed by atoms with van der Waals surface area (Å²) in [7, 11) is 1.46. The van der Waals surface area contributed by atoms with Crippen molar-refractivity contribution < 1.29 is 33.4 Å². The number of para-hydroxylation sites is 1. The van der Waals surface area contributed by atoms with Crippen LogP contribution >= 0.6 is 11.8 Å². The van der Waals surface area contributed by atoms with Crippen molar-refractivity contribution in [3.05, 3.63) is 58.5 Å². The van der Waals surface area contributed by atoms with Gasteiger partial charge >= 0.3 is 5.97 Å². The number of nitrogens with zero attached hydrogens (tertiary/aromatic N) is 1. The molecule has 196 valence electrons. The third-order valence-corrected chi connectivity index (χ3v) is 6.14. The fourth-order valence-electron chi connectivity index (χ4n) is 3.55. The normalized spacial score (nSPS) is 14.5. The van der Waals surface area contributed by atoms with E-state index in [9.17, 15) is 19.2 Å². The predicted molar refractivity (Wildman–Crippen MR) is 142 cm³/mol. The lowest BCUT2D eigenvalue weighted by Crippen LogP contribution is -2.35.